The van der Waals surface area contributed by atoms with Crippen molar-refractivity contribution in [2.75, 3.05) is 5.73 Å². The maximum atomic E-state index is 9.93. The normalized spacial score (nSPS) is 10.5. The van der Waals surface area contributed by atoms with Crippen molar-refractivity contribution in [3.63, 3.8) is 0 Å². The van der Waals surface area contributed by atoms with Crippen LogP contribution in [-0.4, -0.2) is 15.3 Å². The van der Waals surface area contributed by atoms with Gasteiger partial charge in [-0.2, -0.15) is 5.10 Å². The van der Waals surface area contributed by atoms with Gasteiger partial charge in [-0.1, -0.05) is 12.1 Å². The molecule has 0 aliphatic heterocycles. The molecular weight excluding hydrogens is 258 g/mol. The molecule has 5 heteroatoms. The molecule has 0 aliphatic carbocycles. The summed E-state index contributed by atoms with van der Waals surface area (Å²) in [5.74, 6) is 0.629. The van der Waals surface area contributed by atoms with Crippen LogP contribution in [0.25, 0.3) is 11.1 Å². The first-order chi connectivity index (χ1) is 7.11. The van der Waals surface area contributed by atoms with Crippen molar-refractivity contribution in [3.8, 4) is 16.9 Å². The number of nitrogens with one attached hydrogen (secondary N) is 1. The fraction of sp³-hybridized carbons (Fsp3) is 0.100. The van der Waals surface area contributed by atoms with Gasteiger partial charge in [0.2, 0.25) is 0 Å². The number of hydrogen-bond acceptors (Lipinski definition) is 3. The zero-order chi connectivity index (χ0) is 11.0. The number of anilines is 1. The number of nitrogens with two attached hydrogens (primary N) is 1. The molecule has 1 aromatic heterocycles. The number of hydrogen-bond donors (Lipinski definition) is 3. The van der Waals surface area contributed by atoms with Gasteiger partial charge in [0.05, 0.1) is 10.7 Å². The van der Waals surface area contributed by atoms with E-state index in [1.54, 1.807) is 6.20 Å². The minimum atomic E-state index is 0.183. The molecule has 78 valence electrons. The Morgan fingerprint density at radius 3 is 2.73 bits per heavy atom. The maximum Gasteiger partial charge on any atom is 0.138 e. The van der Waals surface area contributed by atoms with Gasteiger partial charge < -0.3 is 10.8 Å². The van der Waals surface area contributed by atoms with Crippen molar-refractivity contribution in [1.82, 2.24) is 10.2 Å². The third kappa shape index (κ3) is 1.59. The molecule has 0 fully saturated rings. The summed E-state index contributed by atoms with van der Waals surface area (Å²) in [5.41, 5.74) is 8.02. The lowest BCUT2D eigenvalue weighted by atomic mass is 10.1. The lowest BCUT2D eigenvalue weighted by molar-refractivity contribution is 0.473. The summed E-state index contributed by atoms with van der Waals surface area (Å²) >= 11 is 3.32. The number of nitrogen functional groups attached to an aromatic ring is 1. The van der Waals surface area contributed by atoms with E-state index < -0.39 is 0 Å². The van der Waals surface area contributed by atoms with E-state index in [4.69, 9.17) is 5.73 Å². The Labute approximate surface area is 95.3 Å². The van der Waals surface area contributed by atoms with Gasteiger partial charge >= 0.3 is 0 Å². The summed E-state index contributed by atoms with van der Waals surface area (Å²) in [5, 5.41) is 16.4. The average molecular weight is 268 g/mol. The third-order valence-corrected chi connectivity index (χ3v) is 3.27. The van der Waals surface area contributed by atoms with Crippen LogP contribution in [0, 0.1) is 6.92 Å². The molecule has 1 aromatic carbocycles. The van der Waals surface area contributed by atoms with Crippen LogP contribution in [0.3, 0.4) is 0 Å². The third-order valence-electron chi connectivity index (χ3n) is 2.27. The molecule has 0 atom stereocenters. The van der Waals surface area contributed by atoms with Crippen LogP contribution in [0.15, 0.2) is 22.8 Å². The minimum absolute atomic E-state index is 0.183. The van der Waals surface area contributed by atoms with Crippen LogP contribution in [0.4, 0.5) is 5.82 Å². The van der Waals surface area contributed by atoms with Gasteiger partial charge in [-0.25, -0.2) is 0 Å². The lowest BCUT2D eigenvalue weighted by Crippen LogP contribution is -1.89. The van der Waals surface area contributed by atoms with Crippen LogP contribution in [0.1, 0.15) is 5.56 Å². The monoisotopic (exact) mass is 267 g/mol. The molecule has 0 aliphatic rings. The van der Waals surface area contributed by atoms with Crippen LogP contribution in [0.2, 0.25) is 0 Å². The van der Waals surface area contributed by atoms with E-state index in [0.717, 1.165) is 5.56 Å². The molecule has 2 aromatic rings. The van der Waals surface area contributed by atoms with Crippen LogP contribution < -0.4 is 5.73 Å². The molecule has 0 radical (unpaired) electrons. The van der Waals surface area contributed by atoms with Crippen molar-refractivity contribution in [3.05, 3.63) is 28.4 Å². The highest BCUT2D eigenvalue weighted by atomic mass is 79.9. The van der Waals surface area contributed by atoms with Crippen LogP contribution in [-0.2, 0) is 0 Å². The molecule has 0 amide bonds. The SMILES string of the molecule is Cc1ccc(-c2cn[nH]c2N)c(O)c1Br. The highest BCUT2D eigenvalue weighted by Crippen LogP contribution is 2.38. The number of H-pyrrole nitrogens is 1. The Bertz CT molecular complexity index is 507. The molecule has 0 spiro atoms. The lowest BCUT2D eigenvalue weighted by Gasteiger charge is -2.07. The number of phenolic OH excluding ortho intramolecular Hbond substituents is 1. The second-order valence-corrected chi connectivity index (χ2v) is 4.08. The molecule has 0 unspecified atom stereocenters. The van der Waals surface area contributed by atoms with Crippen LogP contribution in [0.5, 0.6) is 5.75 Å². The standard InChI is InChI=1S/C10H10BrN3O/c1-5-2-3-6(9(15)8(5)11)7-4-13-14-10(7)12/h2-4,15H,1H3,(H3,12,13,14). The van der Waals surface area contributed by atoms with E-state index in [0.29, 0.717) is 21.4 Å². The van der Waals surface area contributed by atoms with Crippen molar-refractivity contribution in [1.29, 1.82) is 0 Å². The van der Waals surface area contributed by atoms with Crippen molar-refractivity contribution in [2.45, 2.75) is 6.92 Å². The fourth-order valence-electron chi connectivity index (χ4n) is 1.39. The molecule has 15 heavy (non-hydrogen) atoms. The zero-order valence-corrected chi connectivity index (χ0v) is 9.67. The van der Waals surface area contributed by atoms with Gasteiger partial charge in [0, 0.05) is 11.1 Å². The van der Waals surface area contributed by atoms with Crippen molar-refractivity contribution in [2.24, 2.45) is 0 Å². The van der Waals surface area contributed by atoms with Gasteiger partial charge in [0.1, 0.15) is 11.6 Å². The summed E-state index contributed by atoms with van der Waals surface area (Å²) in [7, 11) is 0. The first kappa shape index (κ1) is 10.0. The van der Waals surface area contributed by atoms with E-state index in [9.17, 15) is 5.11 Å². The van der Waals surface area contributed by atoms with E-state index in [-0.39, 0.29) is 5.75 Å². The number of rotatable bonds is 1. The number of phenols is 1. The molecule has 0 saturated carbocycles. The highest BCUT2D eigenvalue weighted by Gasteiger charge is 2.12. The number of aromatic nitrogens is 2. The Kier molecular flexibility index (Phi) is 2.40. The summed E-state index contributed by atoms with van der Waals surface area (Å²) in [6.07, 6.45) is 1.59. The largest absolute Gasteiger partial charge is 0.506 e. The van der Waals surface area contributed by atoms with Crippen molar-refractivity contribution >= 4 is 21.7 Å². The highest BCUT2D eigenvalue weighted by molar-refractivity contribution is 9.10. The van der Waals surface area contributed by atoms with Crippen LogP contribution >= 0.6 is 15.9 Å². The Hall–Kier alpha value is -1.49. The first-order valence-electron chi connectivity index (χ1n) is 4.38. The average Bonchev–Trinajstić information content (AvgIpc) is 2.62. The van der Waals surface area contributed by atoms with E-state index in [2.05, 4.69) is 26.1 Å². The Morgan fingerprint density at radius 2 is 2.13 bits per heavy atom. The molecule has 1 heterocycles. The van der Waals surface area contributed by atoms with Gasteiger partial charge in [-0.3, -0.25) is 5.10 Å². The van der Waals surface area contributed by atoms with E-state index in [1.807, 2.05) is 19.1 Å². The van der Waals surface area contributed by atoms with Gasteiger partial charge in [0.15, 0.2) is 0 Å². The second kappa shape index (κ2) is 3.58. The summed E-state index contributed by atoms with van der Waals surface area (Å²) < 4.78 is 0.681. The van der Waals surface area contributed by atoms with Gasteiger partial charge in [-0.05, 0) is 28.4 Å². The minimum Gasteiger partial charge on any atom is -0.506 e. The molecule has 0 saturated heterocycles. The summed E-state index contributed by atoms with van der Waals surface area (Å²) in [6.45, 7) is 1.91. The molecular formula is C10H10BrN3O. The topological polar surface area (TPSA) is 74.9 Å². The predicted molar refractivity (Wildman–Crippen MR) is 62.5 cm³/mol. The number of halogens is 1. The molecule has 2 rings (SSSR count). The smallest absolute Gasteiger partial charge is 0.138 e. The van der Waals surface area contributed by atoms with Gasteiger partial charge in [-0.15, -0.1) is 0 Å². The zero-order valence-electron chi connectivity index (χ0n) is 8.08. The number of nitrogens with zero attached hydrogens (tertiary/aromatic N) is 1. The quantitative estimate of drug-likeness (QED) is 0.743. The summed E-state index contributed by atoms with van der Waals surface area (Å²) in [4.78, 5) is 0. The van der Waals surface area contributed by atoms with Crippen molar-refractivity contribution < 1.29 is 5.11 Å². The fourth-order valence-corrected chi connectivity index (χ4v) is 1.74. The molecule has 4 nitrogen and oxygen atoms in total. The van der Waals surface area contributed by atoms with Gasteiger partial charge in [0.25, 0.3) is 0 Å². The number of benzene rings is 1. The number of aryl methyl sites for hydroxylation is 1. The number of aromatic hydroxyl groups is 1. The Balaban J connectivity index is 2.65. The maximum absolute atomic E-state index is 9.93. The molecule has 0 bridgehead atoms. The van der Waals surface area contributed by atoms with E-state index >= 15 is 0 Å². The first-order valence-corrected chi connectivity index (χ1v) is 5.18. The van der Waals surface area contributed by atoms with E-state index in [1.165, 1.54) is 0 Å². The second-order valence-electron chi connectivity index (χ2n) is 3.29. The molecule has 4 N–H and O–H groups in total. The Morgan fingerprint density at radius 1 is 1.40 bits per heavy atom. The summed E-state index contributed by atoms with van der Waals surface area (Å²) in [6, 6.07) is 3.72. The predicted octanol–water partition coefficient (Wildman–Crippen LogP) is 2.44. The number of aromatic amines is 1.